The average molecular weight is 310 g/mol. The summed E-state index contributed by atoms with van der Waals surface area (Å²) in [4.78, 5) is 15.9. The van der Waals surface area contributed by atoms with E-state index in [2.05, 4.69) is 34.8 Å². The molecular formula is C17H34N4O. The number of hydrogen-bond acceptors (Lipinski definition) is 2. The molecule has 0 aromatic rings. The Bertz CT molecular complexity index is 360. The molecule has 0 saturated heterocycles. The first kappa shape index (κ1) is 18.8. The van der Waals surface area contributed by atoms with E-state index in [9.17, 15) is 4.79 Å². The molecule has 0 heterocycles. The minimum Gasteiger partial charge on any atom is -0.356 e. The van der Waals surface area contributed by atoms with Crippen molar-refractivity contribution in [2.75, 3.05) is 26.7 Å². The van der Waals surface area contributed by atoms with Crippen LogP contribution in [0.2, 0.25) is 0 Å². The Labute approximate surface area is 135 Å². The lowest BCUT2D eigenvalue weighted by molar-refractivity contribution is -0.120. The summed E-state index contributed by atoms with van der Waals surface area (Å²) < 4.78 is 0. The standard InChI is InChI=1S/C17H34N4O/c1-5-10-19-15(22)12-20-16(18-4)21-13-17(11-14(2)3)8-6-7-9-17/h14H,5-13H2,1-4H3,(H,19,22)(H2,18,20,21). The van der Waals surface area contributed by atoms with Crippen molar-refractivity contribution in [2.45, 2.75) is 59.3 Å². The lowest BCUT2D eigenvalue weighted by Crippen LogP contribution is -2.46. The number of aliphatic imine (C=N–C) groups is 1. The van der Waals surface area contributed by atoms with Crippen molar-refractivity contribution in [1.29, 1.82) is 0 Å². The Morgan fingerprint density at radius 3 is 2.41 bits per heavy atom. The lowest BCUT2D eigenvalue weighted by atomic mass is 9.78. The summed E-state index contributed by atoms with van der Waals surface area (Å²) in [7, 11) is 1.75. The quantitative estimate of drug-likeness (QED) is 0.476. The summed E-state index contributed by atoms with van der Waals surface area (Å²) in [6.07, 6.45) is 7.47. The van der Waals surface area contributed by atoms with Gasteiger partial charge in [-0.3, -0.25) is 9.79 Å². The summed E-state index contributed by atoms with van der Waals surface area (Å²) in [6.45, 7) is 8.59. The van der Waals surface area contributed by atoms with E-state index in [1.807, 2.05) is 6.92 Å². The Morgan fingerprint density at radius 1 is 1.18 bits per heavy atom. The van der Waals surface area contributed by atoms with Crippen LogP contribution in [0.15, 0.2) is 4.99 Å². The van der Waals surface area contributed by atoms with Gasteiger partial charge in [0, 0.05) is 20.1 Å². The SMILES string of the molecule is CCCNC(=O)CNC(=NC)NCC1(CC(C)C)CCCC1. The molecule has 1 fully saturated rings. The van der Waals surface area contributed by atoms with Crippen LogP contribution in [0.25, 0.3) is 0 Å². The molecule has 1 aliphatic carbocycles. The number of nitrogens with one attached hydrogen (secondary N) is 3. The van der Waals surface area contributed by atoms with E-state index in [1.54, 1.807) is 7.05 Å². The monoisotopic (exact) mass is 310 g/mol. The largest absolute Gasteiger partial charge is 0.356 e. The number of carbonyl (C=O) groups excluding carboxylic acids is 1. The van der Waals surface area contributed by atoms with Gasteiger partial charge in [-0.2, -0.15) is 0 Å². The van der Waals surface area contributed by atoms with Crippen LogP contribution >= 0.6 is 0 Å². The Balaban J connectivity index is 2.40. The summed E-state index contributed by atoms with van der Waals surface area (Å²) in [6, 6.07) is 0. The van der Waals surface area contributed by atoms with Gasteiger partial charge in [0.15, 0.2) is 5.96 Å². The van der Waals surface area contributed by atoms with Crippen LogP contribution in [0, 0.1) is 11.3 Å². The fourth-order valence-corrected chi connectivity index (χ4v) is 3.43. The van der Waals surface area contributed by atoms with E-state index < -0.39 is 0 Å². The Kier molecular flexibility index (Phi) is 8.28. The van der Waals surface area contributed by atoms with Crippen LogP contribution < -0.4 is 16.0 Å². The first-order valence-electron chi connectivity index (χ1n) is 8.72. The molecule has 3 N–H and O–H groups in total. The molecule has 5 nitrogen and oxygen atoms in total. The topological polar surface area (TPSA) is 65.5 Å². The minimum absolute atomic E-state index is 0.0163. The van der Waals surface area contributed by atoms with Gasteiger partial charge in [-0.25, -0.2) is 0 Å². The van der Waals surface area contributed by atoms with Gasteiger partial charge in [-0.15, -0.1) is 0 Å². The molecule has 1 aliphatic rings. The highest BCUT2D eigenvalue weighted by Crippen LogP contribution is 2.42. The number of nitrogens with zero attached hydrogens (tertiary/aromatic N) is 1. The third kappa shape index (κ3) is 6.67. The summed E-state index contributed by atoms with van der Waals surface area (Å²) >= 11 is 0. The van der Waals surface area contributed by atoms with E-state index in [4.69, 9.17) is 0 Å². The maximum atomic E-state index is 11.6. The number of hydrogen-bond donors (Lipinski definition) is 3. The third-order valence-electron chi connectivity index (χ3n) is 4.35. The number of guanidine groups is 1. The molecule has 5 heteroatoms. The van der Waals surface area contributed by atoms with E-state index in [1.165, 1.54) is 32.1 Å². The van der Waals surface area contributed by atoms with Crippen LogP contribution in [-0.2, 0) is 4.79 Å². The van der Waals surface area contributed by atoms with Gasteiger partial charge < -0.3 is 16.0 Å². The van der Waals surface area contributed by atoms with Crippen LogP contribution in [0.3, 0.4) is 0 Å². The molecule has 0 radical (unpaired) electrons. The normalized spacial score (nSPS) is 17.6. The molecule has 0 aliphatic heterocycles. The van der Waals surface area contributed by atoms with Gasteiger partial charge >= 0.3 is 0 Å². The fraction of sp³-hybridized carbons (Fsp3) is 0.882. The van der Waals surface area contributed by atoms with E-state index in [0.29, 0.717) is 5.41 Å². The Morgan fingerprint density at radius 2 is 1.86 bits per heavy atom. The first-order valence-corrected chi connectivity index (χ1v) is 8.72. The number of carbonyl (C=O) groups is 1. The predicted octanol–water partition coefficient (Wildman–Crippen LogP) is 2.28. The molecular weight excluding hydrogens is 276 g/mol. The van der Waals surface area contributed by atoms with Crippen molar-refractivity contribution >= 4 is 11.9 Å². The zero-order valence-corrected chi connectivity index (χ0v) is 14.8. The fourth-order valence-electron chi connectivity index (χ4n) is 3.43. The van der Waals surface area contributed by atoms with Crippen LogP contribution in [0.4, 0.5) is 0 Å². The molecule has 1 rings (SSSR count). The maximum Gasteiger partial charge on any atom is 0.239 e. The maximum absolute atomic E-state index is 11.6. The molecule has 1 amide bonds. The van der Waals surface area contributed by atoms with Gasteiger partial charge in [-0.1, -0.05) is 33.6 Å². The van der Waals surface area contributed by atoms with Crippen molar-refractivity contribution in [3.63, 3.8) is 0 Å². The van der Waals surface area contributed by atoms with Gasteiger partial charge in [0.1, 0.15) is 0 Å². The van der Waals surface area contributed by atoms with Crippen molar-refractivity contribution in [1.82, 2.24) is 16.0 Å². The highest BCUT2D eigenvalue weighted by Gasteiger charge is 2.34. The zero-order valence-electron chi connectivity index (χ0n) is 14.8. The van der Waals surface area contributed by atoms with Crippen LogP contribution in [-0.4, -0.2) is 38.5 Å². The molecule has 0 unspecified atom stereocenters. The van der Waals surface area contributed by atoms with Crippen molar-refractivity contribution in [3.05, 3.63) is 0 Å². The van der Waals surface area contributed by atoms with Crippen LogP contribution in [0.1, 0.15) is 59.3 Å². The van der Waals surface area contributed by atoms with Gasteiger partial charge in [0.25, 0.3) is 0 Å². The molecule has 0 spiro atoms. The molecule has 1 saturated carbocycles. The lowest BCUT2D eigenvalue weighted by Gasteiger charge is -2.31. The third-order valence-corrected chi connectivity index (χ3v) is 4.35. The first-order chi connectivity index (χ1) is 10.5. The van der Waals surface area contributed by atoms with Crippen molar-refractivity contribution in [2.24, 2.45) is 16.3 Å². The van der Waals surface area contributed by atoms with E-state index in [-0.39, 0.29) is 12.5 Å². The number of rotatable bonds is 8. The highest BCUT2D eigenvalue weighted by molar-refractivity contribution is 5.86. The van der Waals surface area contributed by atoms with Gasteiger partial charge in [0.05, 0.1) is 6.54 Å². The predicted molar refractivity (Wildman–Crippen MR) is 93.0 cm³/mol. The molecule has 0 bridgehead atoms. The Hall–Kier alpha value is -1.26. The smallest absolute Gasteiger partial charge is 0.239 e. The summed E-state index contributed by atoms with van der Waals surface area (Å²) in [5, 5.41) is 9.39. The van der Waals surface area contributed by atoms with Crippen molar-refractivity contribution < 1.29 is 4.79 Å². The van der Waals surface area contributed by atoms with Gasteiger partial charge in [0.2, 0.25) is 5.91 Å². The molecule has 128 valence electrons. The van der Waals surface area contributed by atoms with Gasteiger partial charge in [-0.05, 0) is 37.0 Å². The summed E-state index contributed by atoms with van der Waals surface area (Å²) in [5.74, 6) is 1.46. The van der Waals surface area contributed by atoms with E-state index in [0.717, 1.165) is 31.4 Å². The van der Waals surface area contributed by atoms with Crippen LogP contribution in [0.5, 0.6) is 0 Å². The average Bonchev–Trinajstić information content (AvgIpc) is 2.93. The zero-order chi connectivity index (χ0) is 16.4. The molecule has 22 heavy (non-hydrogen) atoms. The minimum atomic E-state index is 0.0163. The highest BCUT2D eigenvalue weighted by atomic mass is 16.1. The number of amides is 1. The van der Waals surface area contributed by atoms with E-state index >= 15 is 0 Å². The second-order valence-electron chi connectivity index (χ2n) is 6.93. The van der Waals surface area contributed by atoms with Crippen molar-refractivity contribution in [3.8, 4) is 0 Å². The second kappa shape index (κ2) is 9.70. The summed E-state index contributed by atoms with van der Waals surface area (Å²) in [5.41, 5.74) is 0.399. The second-order valence-corrected chi connectivity index (χ2v) is 6.93. The molecule has 0 aromatic carbocycles. The molecule has 0 aromatic heterocycles. The molecule has 0 atom stereocenters.